The van der Waals surface area contributed by atoms with E-state index in [0.717, 1.165) is 0 Å². The monoisotopic (exact) mass is 414 g/mol. The number of nitrogens with zero attached hydrogens (tertiary/aromatic N) is 4. The van der Waals surface area contributed by atoms with Gasteiger partial charge in [-0.05, 0) is 30.7 Å². The molecule has 0 amide bonds. The first-order chi connectivity index (χ1) is 12.9. The van der Waals surface area contributed by atoms with Crippen LogP contribution < -0.4 is 10.6 Å². The minimum absolute atomic E-state index is 0.0566. The Labute approximate surface area is 166 Å². The summed E-state index contributed by atoms with van der Waals surface area (Å²) in [6.45, 7) is 3.53. The van der Waals surface area contributed by atoms with Gasteiger partial charge < -0.3 is 15.7 Å². The van der Waals surface area contributed by atoms with Crippen molar-refractivity contribution in [3.63, 3.8) is 0 Å². The molecule has 2 rings (SSSR count). The Morgan fingerprint density at radius 1 is 1.37 bits per heavy atom. The van der Waals surface area contributed by atoms with Crippen molar-refractivity contribution in [3.8, 4) is 0 Å². The summed E-state index contributed by atoms with van der Waals surface area (Å²) in [7, 11) is 0. The van der Waals surface area contributed by atoms with Crippen LogP contribution in [0.4, 0.5) is 5.69 Å². The zero-order valence-corrected chi connectivity index (χ0v) is 16.1. The first-order valence-electron chi connectivity index (χ1n) is 8.22. The van der Waals surface area contributed by atoms with Crippen molar-refractivity contribution >= 4 is 34.8 Å². The third kappa shape index (κ3) is 6.70. The average molecular weight is 415 g/mol. The molecule has 27 heavy (non-hydrogen) atoms. The van der Waals surface area contributed by atoms with Gasteiger partial charge in [0.25, 0.3) is 0 Å². The number of halogens is 2. The van der Waals surface area contributed by atoms with Crippen LogP contribution in [0.3, 0.4) is 0 Å². The Kier molecular flexibility index (Phi) is 7.83. The fraction of sp³-hybridized carbons (Fsp3) is 0.375. The van der Waals surface area contributed by atoms with Crippen molar-refractivity contribution in [1.29, 1.82) is 0 Å². The molecule has 1 unspecified atom stereocenters. The third-order valence-electron chi connectivity index (χ3n) is 3.50. The summed E-state index contributed by atoms with van der Waals surface area (Å²) < 4.78 is 1.47. The highest BCUT2D eigenvalue weighted by Gasteiger charge is 2.10. The van der Waals surface area contributed by atoms with Gasteiger partial charge in [-0.2, -0.15) is 5.10 Å². The van der Waals surface area contributed by atoms with Gasteiger partial charge in [-0.25, -0.2) is 0 Å². The van der Waals surface area contributed by atoms with Crippen LogP contribution in [0.1, 0.15) is 18.6 Å². The van der Waals surface area contributed by atoms with Gasteiger partial charge in [0.1, 0.15) is 12.4 Å². The number of nitrogens with one attached hydrogen (secondary N) is 2. The van der Waals surface area contributed by atoms with Gasteiger partial charge in [-0.1, -0.05) is 23.2 Å². The van der Waals surface area contributed by atoms with E-state index >= 15 is 0 Å². The second-order valence-electron chi connectivity index (χ2n) is 5.58. The number of guanidine groups is 1. The van der Waals surface area contributed by atoms with Gasteiger partial charge in [-0.3, -0.25) is 19.8 Å². The summed E-state index contributed by atoms with van der Waals surface area (Å²) in [6.07, 6.45) is 1.70. The average Bonchev–Trinajstić information content (AvgIpc) is 3.07. The van der Waals surface area contributed by atoms with Gasteiger partial charge in [0.15, 0.2) is 5.96 Å². The summed E-state index contributed by atoms with van der Waals surface area (Å²) in [6, 6.07) is 4.87. The van der Waals surface area contributed by atoms with Crippen LogP contribution in [0.5, 0.6) is 0 Å². The number of aliphatic hydroxyl groups excluding tert-OH is 1. The molecule has 0 fully saturated rings. The maximum atomic E-state index is 10.7. The minimum atomic E-state index is -0.856. The number of aliphatic hydroxyl groups is 1. The molecule has 0 saturated carbocycles. The fourth-order valence-corrected chi connectivity index (χ4v) is 2.79. The Balaban J connectivity index is 1.91. The van der Waals surface area contributed by atoms with E-state index in [2.05, 4.69) is 20.7 Å². The molecule has 0 saturated heterocycles. The van der Waals surface area contributed by atoms with Gasteiger partial charge in [-0.15, -0.1) is 0 Å². The van der Waals surface area contributed by atoms with Crippen LogP contribution in [-0.4, -0.2) is 45.4 Å². The molecule has 1 heterocycles. The standard InChI is InChI=1S/C16H20Cl2N6O3/c1-2-19-16(20-3-4-23-10-14(8-22-23)24(26)27)21-9-15(25)11-5-12(17)7-13(18)6-11/h5-8,10,15,25H,2-4,9H2,1H3,(H2,19,20,21). The number of aromatic nitrogens is 2. The van der Waals surface area contributed by atoms with E-state index in [9.17, 15) is 15.2 Å². The van der Waals surface area contributed by atoms with E-state index in [0.29, 0.717) is 41.2 Å². The van der Waals surface area contributed by atoms with Crippen LogP contribution in [-0.2, 0) is 6.54 Å². The highest BCUT2D eigenvalue weighted by Crippen LogP contribution is 2.23. The number of hydrogen-bond acceptors (Lipinski definition) is 5. The molecule has 0 aliphatic heterocycles. The zero-order valence-electron chi connectivity index (χ0n) is 14.6. The molecule has 1 aromatic carbocycles. The van der Waals surface area contributed by atoms with Crippen LogP contribution in [0.2, 0.25) is 10.0 Å². The summed E-state index contributed by atoms with van der Waals surface area (Å²) in [5, 5.41) is 31.9. The van der Waals surface area contributed by atoms with Crippen molar-refractivity contribution in [1.82, 2.24) is 20.4 Å². The number of benzene rings is 1. The normalized spacial score (nSPS) is 12.7. The first kappa shape index (κ1) is 20.9. The molecule has 1 atom stereocenters. The van der Waals surface area contributed by atoms with Crippen LogP contribution >= 0.6 is 23.2 Å². The highest BCUT2D eigenvalue weighted by atomic mass is 35.5. The van der Waals surface area contributed by atoms with Gasteiger partial charge >= 0.3 is 5.69 Å². The molecule has 1 aromatic heterocycles. The van der Waals surface area contributed by atoms with Crippen molar-refractivity contribution < 1.29 is 10.0 Å². The molecule has 11 heteroatoms. The van der Waals surface area contributed by atoms with E-state index in [-0.39, 0.29) is 12.2 Å². The minimum Gasteiger partial charge on any atom is -0.386 e. The second kappa shape index (κ2) is 10.1. The van der Waals surface area contributed by atoms with E-state index in [4.69, 9.17) is 23.2 Å². The highest BCUT2D eigenvalue weighted by molar-refractivity contribution is 6.34. The first-order valence-corrected chi connectivity index (χ1v) is 8.97. The third-order valence-corrected chi connectivity index (χ3v) is 3.94. The maximum Gasteiger partial charge on any atom is 0.306 e. The SMILES string of the molecule is CCNC(=NCC(O)c1cc(Cl)cc(Cl)c1)NCCn1cc([N+](=O)[O-])cn1. The zero-order chi connectivity index (χ0) is 19.8. The van der Waals surface area contributed by atoms with E-state index < -0.39 is 11.0 Å². The predicted molar refractivity (Wildman–Crippen MR) is 104 cm³/mol. The molecule has 0 bridgehead atoms. The Morgan fingerprint density at radius 2 is 2.07 bits per heavy atom. The second-order valence-corrected chi connectivity index (χ2v) is 6.46. The number of hydrogen-bond donors (Lipinski definition) is 3. The molecule has 146 valence electrons. The van der Waals surface area contributed by atoms with E-state index in [1.807, 2.05) is 6.92 Å². The predicted octanol–water partition coefficient (Wildman–Crippen LogP) is 2.39. The molecular weight excluding hydrogens is 395 g/mol. The Hall–Kier alpha value is -2.36. The molecular formula is C16H20Cl2N6O3. The largest absolute Gasteiger partial charge is 0.386 e. The van der Waals surface area contributed by atoms with Crippen LogP contribution in [0.25, 0.3) is 0 Å². The maximum absolute atomic E-state index is 10.7. The van der Waals surface area contributed by atoms with Gasteiger partial charge in [0, 0.05) is 23.1 Å². The molecule has 0 radical (unpaired) electrons. The summed E-state index contributed by atoms with van der Waals surface area (Å²) in [4.78, 5) is 14.5. The summed E-state index contributed by atoms with van der Waals surface area (Å²) >= 11 is 11.9. The molecule has 2 aromatic rings. The molecule has 0 aliphatic rings. The van der Waals surface area contributed by atoms with Crippen molar-refractivity contribution in [2.45, 2.75) is 19.6 Å². The van der Waals surface area contributed by atoms with E-state index in [1.54, 1.807) is 18.2 Å². The van der Waals surface area contributed by atoms with Crippen molar-refractivity contribution in [2.24, 2.45) is 4.99 Å². The fourth-order valence-electron chi connectivity index (χ4n) is 2.25. The lowest BCUT2D eigenvalue weighted by molar-refractivity contribution is -0.385. The quantitative estimate of drug-likeness (QED) is 0.264. The van der Waals surface area contributed by atoms with Gasteiger partial charge in [0.2, 0.25) is 0 Å². The molecule has 3 N–H and O–H groups in total. The lowest BCUT2D eigenvalue weighted by Gasteiger charge is -2.14. The Bertz CT molecular complexity index is 791. The smallest absolute Gasteiger partial charge is 0.306 e. The lowest BCUT2D eigenvalue weighted by atomic mass is 10.1. The molecule has 9 nitrogen and oxygen atoms in total. The summed E-state index contributed by atoms with van der Waals surface area (Å²) in [5.41, 5.74) is 0.523. The molecule has 0 spiro atoms. The van der Waals surface area contributed by atoms with Gasteiger partial charge in [0.05, 0.1) is 24.1 Å². The summed E-state index contributed by atoms with van der Waals surface area (Å²) in [5.74, 6) is 0.506. The Morgan fingerprint density at radius 3 is 2.67 bits per heavy atom. The van der Waals surface area contributed by atoms with Crippen molar-refractivity contribution in [3.05, 3.63) is 56.3 Å². The lowest BCUT2D eigenvalue weighted by Crippen LogP contribution is -2.39. The number of rotatable bonds is 8. The number of nitro groups is 1. The van der Waals surface area contributed by atoms with E-state index in [1.165, 1.54) is 17.1 Å². The van der Waals surface area contributed by atoms with Crippen LogP contribution in [0.15, 0.2) is 35.6 Å². The van der Waals surface area contributed by atoms with Crippen molar-refractivity contribution in [2.75, 3.05) is 19.6 Å². The molecule has 0 aliphatic carbocycles. The van der Waals surface area contributed by atoms with Crippen LogP contribution in [0, 0.1) is 10.1 Å². The number of aliphatic imine (C=N–C) groups is 1. The topological polar surface area (TPSA) is 118 Å².